The highest BCUT2D eigenvalue weighted by molar-refractivity contribution is 7.91. The van der Waals surface area contributed by atoms with Gasteiger partial charge in [0.1, 0.15) is 0 Å². The van der Waals surface area contributed by atoms with Gasteiger partial charge in [0.05, 0.1) is 22.3 Å². The van der Waals surface area contributed by atoms with Gasteiger partial charge < -0.3 is 10.6 Å². The van der Waals surface area contributed by atoms with Crippen LogP contribution in [0.3, 0.4) is 0 Å². The molecule has 1 fully saturated rings. The van der Waals surface area contributed by atoms with E-state index in [1.807, 2.05) is 30.3 Å². The van der Waals surface area contributed by atoms with Crippen LogP contribution in [0.2, 0.25) is 0 Å². The largest absolute Gasteiger partial charge is 0.391 e. The third-order valence-corrected chi connectivity index (χ3v) is 7.55. The standard InChI is InChI=1S/C23H27F3N2O3S/c1-2-13-32(30,31)19-11-12-20(16-7-4-3-5-8-16)21(15-19)28-22(29)27-18-10-6-9-17(14-18)23(24,25)26/h3-5,7-8,11-12,15,17-18H,2,6,9-10,13-14H2,1H3,(H2,27,28,29). The van der Waals surface area contributed by atoms with Crippen molar-refractivity contribution in [2.24, 2.45) is 5.92 Å². The van der Waals surface area contributed by atoms with Crippen molar-refractivity contribution in [1.29, 1.82) is 0 Å². The fraction of sp³-hybridized carbons (Fsp3) is 0.435. The second-order valence-corrected chi connectivity index (χ2v) is 10.2. The van der Waals surface area contributed by atoms with Gasteiger partial charge in [-0.2, -0.15) is 13.2 Å². The second kappa shape index (κ2) is 9.94. The maximum Gasteiger partial charge on any atom is 0.391 e. The van der Waals surface area contributed by atoms with Gasteiger partial charge in [-0.1, -0.05) is 49.7 Å². The topological polar surface area (TPSA) is 75.3 Å². The first kappa shape index (κ1) is 24.1. The van der Waals surface area contributed by atoms with Crippen LogP contribution in [0, 0.1) is 5.92 Å². The zero-order valence-electron chi connectivity index (χ0n) is 17.8. The molecule has 0 radical (unpaired) electrons. The Balaban J connectivity index is 1.84. The van der Waals surface area contributed by atoms with Crippen LogP contribution in [0.15, 0.2) is 53.4 Å². The minimum atomic E-state index is -4.28. The molecule has 2 aromatic carbocycles. The summed E-state index contributed by atoms with van der Waals surface area (Å²) in [7, 11) is -3.52. The summed E-state index contributed by atoms with van der Waals surface area (Å²) in [5.41, 5.74) is 1.68. The number of carbonyl (C=O) groups is 1. The number of urea groups is 1. The summed E-state index contributed by atoms with van der Waals surface area (Å²) in [5, 5.41) is 5.30. The molecule has 2 atom stereocenters. The Morgan fingerprint density at radius 2 is 1.81 bits per heavy atom. The summed E-state index contributed by atoms with van der Waals surface area (Å²) in [5.74, 6) is -1.45. The van der Waals surface area contributed by atoms with E-state index in [4.69, 9.17) is 0 Å². The molecule has 2 amide bonds. The van der Waals surface area contributed by atoms with Gasteiger partial charge >= 0.3 is 12.2 Å². The molecule has 2 unspecified atom stereocenters. The minimum absolute atomic E-state index is 0.0236. The molecule has 0 saturated heterocycles. The van der Waals surface area contributed by atoms with Crippen molar-refractivity contribution in [1.82, 2.24) is 5.32 Å². The molecular formula is C23H27F3N2O3S. The van der Waals surface area contributed by atoms with Crippen molar-refractivity contribution in [3.05, 3.63) is 48.5 Å². The molecule has 1 saturated carbocycles. The molecule has 0 aliphatic heterocycles. The van der Waals surface area contributed by atoms with Crippen molar-refractivity contribution in [3.8, 4) is 11.1 Å². The lowest BCUT2D eigenvalue weighted by molar-refractivity contribution is -0.183. The molecule has 1 aliphatic rings. The zero-order chi connectivity index (χ0) is 23.4. The number of hydrogen-bond acceptors (Lipinski definition) is 3. The van der Waals surface area contributed by atoms with Gasteiger partial charge in [0.2, 0.25) is 0 Å². The van der Waals surface area contributed by atoms with E-state index in [1.54, 1.807) is 13.0 Å². The second-order valence-electron chi connectivity index (χ2n) is 8.09. The van der Waals surface area contributed by atoms with Crippen LogP contribution in [0.25, 0.3) is 11.1 Å². The lowest BCUT2D eigenvalue weighted by atomic mass is 9.85. The van der Waals surface area contributed by atoms with Gasteiger partial charge in [0.25, 0.3) is 0 Å². The number of sulfone groups is 1. The van der Waals surface area contributed by atoms with E-state index in [-0.39, 0.29) is 29.2 Å². The molecule has 0 bridgehead atoms. The SMILES string of the molecule is CCCS(=O)(=O)c1ccc(-c2ccccc2)c(NC(=O)NC2CCCC(C(F)(F)F)C2)c1. The van der Waals surface area contributed by atoms with Crippen molar-refractivity contribution < 1.29 is 26.4 Å². The predicted octanol–water partition coefficient (Wildman–Crippen LogP) is 5.78. The van der Waals surface area contributed by atoms with Crippen LogP contribution in [0.5, 0.6) is 0 Å². The van der Waals surface area contributed by atoms with Gasteiger partial charge in [0.15, 0.2) is 9.84 Å². The van der Waals surface area contributed by atoms with E-state index in [9.17, 15) is 26.4 Å². The van der Waals surface area contributed by atoms with E-state index in [0.29, 0.717) is 24.8 Å². The summed E-state index contributed by atoms with van der Waals surface area (Å²) in [6.45, 7) is 1.76. The molecule has 5 nitrogen and oxygen atoms in total. The maximum absolute atomic E-state index is 13.1. The first-order valence-corrected chi connectivity index (χ1v) is 12.3. The fourth-order valence-corrected chi connectivity index (χ4v) is 5.38. The molecule has 2 aromatic rings. The quantitative estimate of drug-likeness (QED) is 0.564. The van der Waals surface area contributed by atoms with Gasteiger partial charge in [0, 0.05) is 11.6 Å². The summed E-state index contributed by atoms with van der Waals surface area (Å²) in [6, 6.07) is 12.4. The molecule has 1 aliphatic carbocycles. The molecule has 0 heterocycles. The lowest BCUT2D eigenvalue weighted by Crippen LogP contribution is -2.43. The highest BCUT2D eigenvalue weighted by atomic mass is 32.2. The van der Waals surface area contributed by atoms with E-state index in [1.165, 1.54) is 12.1 Å². The van der Waals surface area contributed by atoms with Crippen LogP contribution in [-0.2, 0) is 9.84 Å². The average molecular weight is 469 g/mol. The monoisotopic (exact) mass is 468 g/mol. The first-order chi connectivity index (χ1) is 15.1. The van der Waals surface area contributed by atoms with Gasteiger partial charge in [-0.05, 0) is 43.4 Å². The van der Waals surface area contributed by atoms with E-state index >= 15 is 0 Å². The van der Waals surface area contributed by atoms with E-state index in [0.717, 1.165) is 5.56 Å². The Labute approximate surface area is 186 Å². The Morgan fingerprint density at radius 1 is 1.09 bits per heavy atom. The molecule has 3 rings (SSSR count). The highest BCUT2D eigenvalue weighted by Gasteiger charge is 2.42. The van der Waals surface area contributed by atoms with Crippen LogP contribution in [-0.4, -0.2) is 32.4 Å². The third-order valence-electron chi connectivity index (χ3n) is 5.63. The number of hydrogen-bond donors (Lipinski definition) is 2. The van der Waals surface area contributed by atoms with Gasteiger partial charge in [-0.25, -0.2) is 13.2 Å². The molecule has 174 valence electrons. The normalized spacial score (nSPS) is 19.4. The fourth-order valence-electron chi connectivity index (χ4n) is 4.04. The summed E-state index contributed by atoms with van der Waals surface area (Å²) in [6.07, 6.45) is -3.06. The molecule has 0 aromatic heterocycles. The van der Waals surface area contributed by atoms with Crippen LogP contribution in [0.4, 0.5) is 23.7 Å². The third kappa shape index (κ3) is 6.03. The smallest absolute Gasteiger partial charge is 0.335 e. The van der Waals surface area contributed by atoms with Crippen molar-refractivity contribution in [3.63, 3.8) is 0 Å². The highest BCUT2D eigenvalue weighted by Crippen LogP contribution is 2.37. The molecule has 32 heavy (non-hydrogen) atoms. The Bertz CT molecular complexity index is 1040. The lowest BCUT2D eigenvalue weighted by Gasteiger charge is -2.31. The number of anilines is 1. The van der Waals surface area contributed by atoms with Gasteiger partial charge in [-0.15, -0.1) is 0 Å². The maximum atomic E-state index is 13.1. The predicted molar refractivity (Wildman–Crippen MR) is 118 cm³/mol. The van der Waals surface area contributed by atoms with Crippen molar-refractivity contribution in [2.75, 3.05) is 11.1 Å². The summed E-state index contributed by atoms with van der Waals surface area (Å²) >= 11 is 0. The van der Waals surface area contributed by atoms with Crippen LogP contribution in [0.1, 0.15) is 39.0 Å². The van der Waals surface area contributed by atoms with Gasteiger partial charge in [-0.3, -0.25) is 0 Å². The number of nitrogens with one attached hydrogen (secondary N) is 2. The minimum Gasteiger partial charge on any atom is -0.335 e. The molecule has 9 heteroatoms. The van der Waals surface area contributed by atoms with Crippen LogP contribution >= 0.6 is 0 Å². The number of carbonyl (C=O) groups excluding carboxylic acids is 1. The number of benzene rings is 2. The Kier molecular flexibility index (Phi) is 7.48. The first-order valence-electron chi connectivity index (χ1n) is 10.7. The zero-order valence-corrected chi connectivity index (χ0v) is 18.6. The summed E-state index contributed by atoms with van der Waals surface area (Å²) in [4.78, 5) is 12.7. The number of amides is 2. The molecule has 0 spiro atoms. The number of halogens is 3. The number of rotatable bonds is 6. The molecular weight excluding hydrogens is 441 g/mol. The van der Waals surface area contributed by atoms with Crippen LogP contribution < -0.4 is 10.6 Å². The molecule has 2 N–H and O–H groups in total. The van der Waals surface area contributed by atoms with E-state index in [2.05, 4.69) is 10.6 Å². The van der Waals surface area contributed by atoms with Crippen molar-refractivity contribution >= 4 is 21.6 Å². The Hall–Kier alpha value is -2.55. The summed E-state index contributed by atoms with van der Waals surface area (Å²) < 4.78 is 64.3. The van der Waals surface area contributed by atoms with Crippen molar-refractivity contribution in [2.45, 2.75) is 56.1 Å². The average Bonchev–Trinajstić information content (AvgIpc) is 2.74. The number of alkyl halides is 3. The van der Waals surface area contributed by atoms with E-state index < -0.39 is 34.0 Å². The Morgan fingerprint density at radius 3 is 2.47 bits per heavy atom.